The highest BCUT2D eigenvalue weighted by Gasteiger charge is 2.53. The lowest BCUT2D eigenvalue weighted by molar-refractivity contribution is -0.139. The van der Waals surface area contributed by atoms with Gasteiger partial charge in [-0.1, -0.05) is 236 Å². The van der Waals surface area contributed by atoms with Crippen LogP contribution < -0.4 is 57.3 Å². The van der Waals surface area contributed by atoms with Crippen molar-refractivity contribution < 1.29 is 26.3 Å². The molecule has 0 bridgehead atoms. The summed E-state index contributed by atoms with van der Waals surface area (Å²) in [7, 11) is 0. The maximum atomic E-state index is 18.3. The largest absolute Gasteiger partial charge is 0.419 e. The van der Waals surface area contributed by atoms with Gasteiger partial charge in [0, 0.05) is 77.9 Å². The molecule has 5 nitrogen and oxygen atoms in total. The standard InChI is InChI=1S/C86H55B2F6N5S/c89-85(90,91)67-40-20-24-44-73(67)99-77-52-64(95(59-31-11-3-12-32-59)60-33-13-4-14-34-60)51-76-81(77)87(68-41-21-25-45-74(68)97(76)61-35-15-5-16-36-61)70-55-71-84(80(83(70)99)86(92,93)94)100-79-54-65(53-78-82(79)88(71)69-42-22-26-46-75(69)98(78)62-37-17-6-18-38-62)96(63-49-47-57(48-50-63)56-27-7-1-8-28-56)72-43-23-19-39-66(72)58-29-9-2-10-30-58/h1-55H. The van der Waals surface area contributed by atoms with E-state index >= 15 is 26.3 Å². The number of rotatable bonds is 11. The Bertz CT molecular complexity index is 5440. The molecule has 4 aliphatic heterocycles. The van der Waals surface area contributed by atoms with E-state index in [1.54, 1.807) is 6.07 Å². The van der Waals surface area contributed by atoms with Crippen LogP contribution in [0.25, 0.3) is 22.3 Å². The molecular formula is C86H55B2F6N5S. The number of alkyl halides is 6. The first kappa shape index (κ1) is 60.5. The molecule has 0 spiro atoms. The average molecular weight is 1330 g/mol. The second-order valence-corrected chi connectivity index (χ2v) is 26.3. The maximum absolute atomic E-state index is 18.3. The third-order valence-electron chi connectivity index (χ3n) is 19.6. The van der Waals surface area contributed by atoms with Gasteiger partial charge in [-0.25, -0.2) is 0 Å². The molecule has 14 aromatic rings. The van der Waals surface area contributed by atoms with E-state index in [-0.39, 0.29) is 21.7 Å². The van der Waals surface area contributed by atoms with Crippen molar-refractivity contribution in [2.24, 2.45) is 0 Å². The molecule has 0 saturated heterocycles. The summed E-state index contributed by atoms with van der Waals surface area (Å²) < 4.78 is 104. The molecule has 0 amide bonds. The molecular weight excluding hydrogens is 1270 g/mol. The van der Waals surface area contributed by atoms with Crippen LogP contribution in [0.4, 0.5) is 112 Å². The zero-order chi connectivity index (χ0) is 67.4. The Morgan fingerprint density at radius 2 is 0.730 bits per heavy atom. The SMILES string of the molecule is FC(F)(F)c1ccccc1N1c2cc(N(c3ccccc3)c3ccccc3)cc3c2B(c2ccccc2N3c2ccccc2)c2cc3c(c(C(F)(F)F)c21)Sc1cc(N(c2ccc(-c4ccccc4)cc2)c2ccccc2-c2ccccc2)cc2c1B3c1ccccc1N2c1ccccc1. The van der Waals surface area contributed by atoms with Crippen molar-refractivity contribution in [2.45, 2.75) is 22.1 Å². The summed E-state index contributed by atoms with van der Waals surface area (Å²) in [6, 6.07) is 107. The van der Waals surface area contributed by atoms with Crippen LogP contribution in [0.15, 0.2) is 343 Å². The highest BCUT2D eigenvalue weighted by atomic mass is 32.2. The Morgan fingerprint density at radius 3 is 1.29 bits per heavy atom. The van der Waals surface area contributed by atoms with E-state index in [4.69, 9.17) is 0 Å². The van der Waals surface area contributed by atoms with Crippen LogP contribution in [-0.2, 0) is 12.4 Å². The Hall–Kier alpha value is -11.9. The topological polar surface area (TPSA) is 16.2 Å². The normalized spacial score (nSPS) is 13.2. The lowest BCUT2D eigenvalue weighted by Crippen LogP contribution is -2.65. The molecule has 14 heteroatoms. The number of benzene rings is 14. The Labute approximate surface area is 579 Å². The monoisotopic (exact) mass is 1330 g/mol. The fourth-order valence-electron chi connectivity index (χ4n) is 15.6. The van der Waals surface area contributed by atoms with Crippen LogP contribution >= 0.6 is 11.8 Å². The average Bonchev–Trinajstić information content (AvgIpc) is 0.679. The fourth-order valence-corrected chi connectivity index (χ4v) is 17.0. The first-order chi connectivity index (χ1) is 48.9. The van der Waals surface area contributed by atoms with Gasteiger partial charge in [-0.05, 0) is 159 Å². The molecule has 4 aliphatic rings. The number of fused-ring (bicyclic) bond motifs is 8. The van der Waals surface area contributed by atoms with Gasteiger partial charge >= 0.3 is 12.4 Å². The second kappa shape index (κ2) is 24.0. The van der Waals surface area contributed by atoms with E-state index in [0.29, 0.717) is 44.0 Å². The molecule has 0 saturated carbocycles. The minimum Gasteiger partial charge on any atom is -0.311 e. The number of halogens is 6. The second-order valence-electron chi connectivity index (χ2n) is 25.3. The number of hydrogen-bond donors (Lipinski definition) is 0. The molecule has 0 fully saturated rings. The van der Waals surface area contributed by atoms with E-state index in [1.165, 1.54) is 23.1 Å². The fraction of sp³-hybridized carbons (Fsp3) is 0.0233. The van der Waals surface area contributed by atoms with Crippen molar-refractivity contribution in [3.8, 4) is 22.3 Å². The van der Waals surface area contributed by atoms with Gasteiger partial charge in [0.05, 0.1) is 33.9 Å². The summed E-state index contributed by atoms with van der Waals surface area (Å²) in [4.78, 5) is 10.3. The quantitative estimate of drug-likeness (QED) is 0.0941. The van der Waals surface area contributed by atoms with E-state index in [0.717, 1.165) is 96.5 Å². The van der Waals surface area contributed by atoms with Crippen molar-refractivity contribution in [2.75, 3.05) is 24.5 Å². The van der Waals surface area contributed by atoms with E-state index < -0.39 is 42.6 Å². The minimum absolute atomic E-state index is 0.0993. The van der Waals surface area contributed by atoms with Gasteiger partial charge in [0.2, 0.25) is 6.71 Å². The van der Waals surface area contributed by atoms with Crippen molar-refractivity contribution in [3.63, 3.8) is 0 Å². The number of nitrogens with zero attached hydrogens (tertiary/aromatic N) is 5. The predicted molar refractivity (Wildman–Crippen MR) is 401 cm³/mol. The molecule has 4 heterocycles. The molecule has 18 rings (SSSR count). The minimum atomic E-state index is -5.19. The van der Waals surface area contributed by atoms with Gasteiger partial charge in [0.25, 0.3) is 6.71 Å². The van der Waals surface area contributed by atoms with Crippen LogP contribution in [0.3, 0.4) is 0 Å². The predicted octanol–water partition coefficient (Wildman–Crippen LogP) is 20.8. The molecule has 0 aliphatic carbocycles. The zero-order valence-corrected chi connectivity index (χ0v) is 54.1. The van der Waals surface area contributed by atoms with E-state index in [2.05, 4.69) is 93.6 Å². The van der Waals surface area contributed by atoms with Crippen molar-refractivity contribution in [1.82, 2.24) is 0 Å². The molecule has 0 atom stereocenters. The maximum Gasteiger partial charge on any atom is 0.419 e. The molecule has 0 unspecified atom stereocenters. The Morgan fingerprint density at radius 1 is 0.300 bits per heavy atom. The van der Waals surface area contributed by atoms with Gasteiger partial charge < -0.3 is 24.5 Å². The van der Waals surface area contributed by atoms with Gasteiger partial charge in [0.15, 0.2) is 0 Å². The third-order valence-corrected chi connectivity index (χ3v) is 20.8. The number of hydrogen-bond acceptors (Lipinski definition) is 6. The summed E-state index contributed by atoms with van der Waals surface area (Å²) in [6.45, 7) is -1.77. The van der Waals surface area contributed by atoms with Crippen molar-refractivity contribution >= 4 is 143 Å². The molecule has 0 N–H and O–H groups in total. The smallest absolute Gasteiger partial charge is 0.311 e. The molecule has 14 aromatic carbocycles. The summed E-state index contributed by atoms with van der Waals surface area (Å²) in [5, 5.41) is 0. The lowest BCUT2D eigenvalue weighted by Gasteiger charge is -2.47. The molecule has 478 valence electrons. The first-order valence-electron chi connectivity index (χ1n) is 33.1. The van der Waals surface area contributed by atoms with Crippen molar-refractivity contribution in [1.29, 1.82) is 0 Å². The van der Waals surface area contributed by atoms with Crippen molar-refractivity contribution in [3.05, 3.63) is 345 Å². The summed E-state index contributed by atoms with van der Waals surface area (Å²) in [6.07, 6.45) is -10.2. The lowest BCUT2D eigenvalue weighted by atomic mass is 9.30. The van der Waals surface area contributed by atoms with Gasteiger partial charge in [-0.15, -0.1) is 0 Å². The Kier molecular flexibility index (Phi) is 14.5. The highest BCUT2D eigenvalue weighted by Crippen LogP contribution is 2.57. The Balaban J connectivity index is 0.958. The van der Waals surface area contributed by atoms with Crippen LogP contribution in [-0.4, -0.2) is 13.4 Å². The number of anilines is 15. The third kappa shape index (κ3) is 9.98. The van der Waals surface area contributed by atoms with Gasteiger partial charge in [-0.3, -0.25) is 0 Å². The number of para-hydroxylation sites is 8. The molecule has 0 radical (unpaired) electrons. The van der Waals surface area contributed by atoms with Crippen LogP contribution in [0.1, 0.15) is 11.1 Å². The van der Waals surface area contributed by atoms with Crippen LogP contribution in [0, 0.1) is 0 Å². The van der Waals surface area contributed by atoms with Crippen LogP contribution in [0.2, 0.25) is 0 Å². The summed E-state index contributed by atoms with van der Waals surface area (Å²) in [5.74, 6) is 0. The first-order valence-corrected chi connectivity index (χ1v) is 33.9. The summed E-state index contributed by atoms with van der Waals surface area (Å²) in [5.41, 5.74) is 13.2. The highest BCUT2D eigenvalue weighted by molar-refractivity contribution is 8.00. The molecule has 100 heavy (non-hydrogen) atoms. The van der Waals surface area contributed by atoms with Crippen LogP contribution in [0.5, 0.6) is 0 Å². The van der Waals surface area contributed by atoms with Gasteiger partial charge in [0.1, 0.15) is 0 Å². The summed E-state index contributed by atoms with van der Waals surface area (Å²) >= 11 is 1.03. The molecule has 0 aromatic heterocycles. The van der Waals surface area contributed by atoms with E-state index in [9.17, 15) is 0 Å². The zero-order valence-electron chi connectivity index (χ0n) is 53.3. The van der Waals surface area contributed by atoms with Gasteiger partial charge in [-0.2, -0.15) is 26.3 Å². The van der Waals surface area contributed by atoms with E-state index in [1.807, 2.05) is 229 Å².